The van der Waals surface area contributed by atoms with Crippen LogP contribution in [0.3, 0.4) is 0 Å². The highest BCUT2D eigenvalue weighted by atomic mass is 16.4. The van der Waals surface area contributed by atoms with Gasteiger partial charge in [0.05, 0.1) is 5.69 Å². The Morgan fingerprint density at radius 1 is 1.42 bits per heavy atom. The van der Waals surface area contributed by atoms with Crippen LogP contribution >= 0.6 is 0 Å². The van der Waals surface area contributed by atoms with Gasteiger partial charge in [0.1, 0.15) is 11.7 Å². The smallest absolute Gasteiger partial charge is 0.326 e. The summed E-state index contributed by atoms with van der Waals surface area (Å²) in [5.41, 5.74) is 1.24. The first-order chi connectivity index (χ1) is 8.90. The van der Waals surface area contributed by atoms with E-state index >= 15 is 0 Å². The van der Waals surface area contributed by atoms with Crippen molar-refractivity contribution in [3.8, 4) is 0 Å². The number of aliphatic carboxylic acids is 1. The Labute approximate surface area is 112 Å². The second kappa shape index (κ2) is 6.36. The molecule has 1 amide bonds. The molecule has 106 valence electrons. The van der Waals surface area contributed by atoms with Crippen LogP contribution in [-0.4, -0.2) is 32.8 Å². The Morgan fingerprint density at radius 2 is 2.05 bits per heavy atom. The van der Waals surface area contributed by atoms with Crippen LogP contribution < -0.4 is 5.32 Å². The fraction of sp³-hybridized carbons (Fsp3) is 0.615. The van der Waals surface area contributed by atoms with Crippen LogP contribution in [0, 0.1) is 0 Å². The van der Waals surface area contributed by atoms with Crippen molar-refractivity contribution in [2.75, 3.05) is 0 Å². The van der Waals surface area contributed by atoms with Crippen molar-refractivity contribution in [2.24, 2.45) is 0 Å². The van der Waals surface area contributed by atoms with E-state index in [0.717, 1.165) is 5.69 Å². The predicted molar refractivity (Wildman–Crippen MR) is 71.2 cm³/mol. The Hall–Kier alpha value is -1.85. The van der Waals surface area contributed by atoms with Crippen molar-refractivity contribution >= 4 is 11.9 Å². The number of carboxylic acids is 1. The van der Waals surface area contributed by atoms with Gasteiger partial charge >= 0.3 is 5.97 Å². The summed E-state index contributed by atoms with van der Waals surface area (Å²) in [6.45, 7) is 8.17. The number of aromatic nitrogens is 2. The Balaban J connectivity index is 2.95. The Morgan fingerprint density at radius 3 is 2.47 bits per heavy atom. The van der Waals surface area contributed by atoms with Gasteiger partial charge in [-0.1, -0.05) is 20.8 Å². The number of amides is 1. The molecule has 19 heavy (non-hydrogen) atoms. The number of hydrogen-bond acceptors (Lipinski definition) is 3. The maximum Gasteiger partial charge on any atom is 0.326 e. The number of carbonyl (C=O) groups excluding carboxylic acids is 1. The summed E-state index contributed by atoms with van der Waals surface area (Å²) in [4.78, 5) is 23.0. The maximum atomic E-state index is 12.1. The predicted octanol–water partition coefficient (Wildman–Crippen LogP) is 1.62. The zero-order valence-electron chi connectivity index (χ0n) is 11.8. The monoisotopic (exact) mass is 267 g/mol. The number of rotatable bonds is 6. The average molecular weight is 267 g/mol. The molecule has 0 spiro atoms. The van der Waals surface area contributed by atoms with Gasteiger partial charge in [-0.2, -0.15) is 5.10 Å². The van der Waals surface area contributed by atoms with Crippen LogP contribution in [-0.2, 0) is 11.3 Å². The second-order valence-corrected chi connectivity index (χ2v) is 4.70. The molecular formula is C13H21N3O3. The van der Waals surface area contributed by atoms with Crippen molar-refractivity contribution in [2.45, 2.75) is 52.6 Å². The summed E-state index contributed by atoms with van der Waals surface area (Å²) in [5.74, 6) is -1.20. The normalized spacial score (nSPS) is 12.5. The van der Waals surface area contributed by atoms with Gasteiger partial charge in [-0.05, 0) is 25.3 Å². The molecular weight excluding hydrogens is 246 g/mol. The highest BCUT2D eigenvalue weighted by Crippen LogP contribution is 2.14. The van der Waals surface area contributed by atoms with Gasteiger partial charge in [0.25, 0.3) is 5.91 Å². The molecule has 0 aliphatic heterocycles. The molecule has 6 heteroatoms. The second-order valence-electron chi connectivity index (χ2n) is 4.70. The fourth-order valence-corrected chi connectivity index (χ4v) is 1.71. The first-order valence-corrected chi connectivity index (χ1v) is 6.52. The van der Waals surface area contributed by atoms with E-state index in [2.05, 4.69) is 10.4 Å². The van der Waals surface area contributed by atoms with Gasteiger partial charge in [0.2, 0.25) is 0 Å². The Kier molecular flexibility index (Phi) is 5.09. The van der Waals surface area contributed by atoms with E-state index in [1.165, 1.54) is 0 Å². The number of aryl methyl sites for hydroxylation is 1. The minimum absolute atomic E-state index is 0.223. The summed E-state index contributed by atoms with van der Waals surface area (Å²) < 4.78 is 1.60. The van der Waals surface area contributed by atoms with E-state index in [9.17, 15) is 9.59 Å². The molecule has 0 saturated heterocycles. The van der Waals surface area contributed by atoms with Crippen molar-refractivity contribution in [1.82, 2.24) is 15.1 Å². The summed E-state index contributed by atoms with van der Waals surface area (Å²) >= 11 is 0. The average Bonchev–Trinajstić information content (AvgIpc) is 2.79. The van der Waals surface area contributed by atoms with Crippen molar-refractivity contribution in [3.63, 3.8) is 0 Å². The van der Waals surface area contributed by atoms with E-state index < -0.39 is 17.9 Å². The van der Waals surface area contributed by atoms with E-state index in [1.54, 1.807) is 17.7 Å². The highest BCUT2D eigenvalue weighted by Gasteiger charge is 2.22. The Bertz CT molecular complexity index is 466. The minimum Gasteiger partial charge on any atom is -0.480 e. The molecule has 1 atom stereocenters. The molecule has 0 fully saturated rings. The lowest BCUT2D eigenvalue weighted by Gasteiger charge is -2.12. The van der Waals surface area contributed by atoms with Gasteiger partial charge in [-0.3, -0.25) is 9.48 Å². The third-order valence-corrected chi connectivity index (χ3v) is 2.93. The van der Waals surface area contributed by atoms with Crippen LogP contribution in [0.15, 0.2) is 6.07 Å². The maximum absolute atomic E-state index is 12.1. The molecule has 1 aromatic rings. The van der Waals surface area contributed by atoms with E-state index in [1.807, 2.05) is 20.8 Å². The highest BCUT2D eigenvalue weighted by molar-refractivity contribution is 5.95. The first kappa shape index (κ1) is 15.2. The molecule has 1 aromatic heterocycles. The number of nitrogens with one attached hydrogen (secondary N) is 1. The van der Waals surface area contributed by atoms with Crippen molar-refractivity contribution < 1.29 is 14.7 Å². The van der Waals surface area contributed by atoms with Crippen LogP contribution in [0.1, 0.15) is 56.2 Å². The van der Waals surface area contributed by atoms with Gasteiger partial charge in [-0.25, -0.2) is 4.79 Å². The third kappa shape index (κ3) is 3.56. The van der Waals surface area contributed by atoms with Crippen LogP contribution in [0.25, 0.3) is 0 Å². The van der Waals surface area contributed by atoms with Crippen LogP contribution in [0.5, 0.6) is 0 Å². The minimum atomic E-state index is -1.03. The summed E-state index contributed by atoms with van der Waals surface area (Å²) in [6.07, 6.45) is 0.346. The number of hydrogen-bond donors (Lipinski definition) is 2. The van der Waals surface area contributed by atoms with E-state index in [-0.39, 0.29) is 5.92 Å². The number of carboxylic acid groups (broad SMARTS) is 1. The lowest BCUT2D eigenvalue weighted by molar-refractivity contribution is -0.139. The molecule has 0 aromatic carbocycles. The lowest BCUT2D eigenvalue weighted by Crippen LogP contribution is -2.41. The summed E-state index contributed by atoms with van der Waals surface area (Å²) in [5, 5.41) is 15.8. The van der Waals surface area contributed by atoms with Gasteiger partial charge < -0.3 is 10.4 Å². The molecule has 1 heterocycles. The topological polar surface area (TPSA) is 84.2 Å². The van der Waals surface area contributed by atoms with Gasteiger partial charge in [-0.15, -0.1) is 0 Å². The first-order valence-electron chi connectivity index (χ1n) is 6.52. The molecule has 1 rings (SSSR count). The zero-order chi connectivity index (χ0) is 14.6. The van der Waals surface area contributed by atoms with Crippen molar-refractivity contribution in [3.05, 3.63) is 17.5 Å². The molecule has 0 aliphatic carbocycles. The van der Waals surface area contributed by atoms with Crippen LogP contribution in [0.2, 0.25) is 0 Å². The van der Waals surface area contributed by atoms with Gasteiger partial charge in [0, 0.05) is 6.54 Å². The van der Waals surface area contributed by atoms with Crippen molar-refractivity contribution in [1.29, 1.82) is 0 Å². The third-order valence-electron chi connectivity index (χ3n) is 2.93. The number of carbonyl (C=O) groups is 2. The SMILES string of the molecule is CC[C@@H](NC(=O)c1cc(C(C)C)nn1CC)C(=O)O. The largest absolute Gasteiger partial charge is 0.480 e. The quantitative estimate of drug-likeness (QED) is 0.820. The molecule has 0 aliphatic rings. The fourth-order valence-electron chi connectivity index (χ4n) is 1.71. The molecule has 6 nitrogen and oxygen atoms in total. The molecule has 0 bridgehead atoms. The van der Waals surface area contributed by atoms with Crippen LogP contribution in [0.4, 0.5) is 0 Å². The number of nitrogens with zero attached hydrogens (tertiary/aromatic N) is 2. The molecule has 2 N–H and O–H groups in total. The standard InChI is InChI=1S/C13H21N3O3/c1-5-9(13(18)19)14-12(17)11-7-10(8(3)4)15-16(11)6-2/h7-9H,5-6H2,1-4H3,(H,14,17)(H,18,19)/t9-/m1/s1. The lowest BCUT2D eigenvalue weighted by atomic mass is 10.1. The summed E-state index contributed by atoms with van der Waals surface area (Å²) in [7, 11) is 0. The van der Waals surface area contributed by atoms with E-state index in [0.29, 0.717) is 18.7 Å². The molecule has 0 saturated carbocycles. The zero-order valence-corrected chi connectivity index (χ0v) is 11.8. The molecule has 0 unspecified atom stereocenters. The van der Waals surface area contributed by atoms with E-state index in [4.69, 9.17) is 5.11 Å². The molecule has 0 radical (unpaired) electrons. The summed E-state index contributed by atoms with van der Waals surface area (Å²) in [6, 6.07) is 0.855. The van der Waals surface area contributed by atoms with Gasteiger partial charge in [0.15, 0.2) is 0 Å².